The van der Waals surface area contributed by atoms with Crippen LogP contribution in [0.1, 0.15) is 84.5 Å². The van der Waals surface area contributed by atoms with Crippen molar-refractivity contribution in [1.29, 1.82) is 0 Å². The van der Waals surface area contributed by atoms with Gasteiger partial charge in [0.05, 0.1) is 0 Å². The summed E-state index contributed by atoms with van der Waals surface area (Å²) in [7, 11) is 0. The van der Waals surface area contributed by atoms with Gasteiger partial charge in [-0.1, -0.05) is 65.2 Å². The van der Waals surface area contributed by atoms with Gasteiger partial charge in [-0.25, -0.2) is 0 Å². The topological polar surface area (TPSA) is 0 Å². The molecule has 0 aromatic rings. The maximum atomic E-state index is 2.42. The zero-order chi connectivity index (χ0) is 12.1. The quantitative estimate of drug-likeness (QED) is 0.580. The number of hydrogen-bond donors (Lipinski definition) is 0. The van der Waals surface area contributed by atoms with E-state index in [4.69, 9.17) is 0 Å². The molecule has 2 aliphatic rings. The Morgan fingerprint density at radius 2 is 1.41 bits per heavy atom. The van der Waals surface area contributed by atoms with Gasteiger partial charge in [0.2, 0.25) is 0 Å². The van der Waals surface area contributed by atoms with Crippen molar-refractivity contribution in [3.8, 4) is 0 Å². The van der Waals surface area contributed by atoms with E-state index in [0.717, 1.165) is 17.8 Å². The van der Waals surface area contributed by atoms with Crippen LogP contribution in [0.3, 0.4) is 0 Å². The fraction of sp³-hybridized carbons (Fsp3) is 0.941. The first kappa shape index (κ1) is 13.4. The molecular formula is C17H31. The van der Waals surface area contributed by atoms with E-state index in [2.05, 4.69) is 13.8 Å². The predicted molar refractivity (Wildman–Crippen MR) is 75.8 cm³/mol. The van der Waals surface area contributed by atoms with Gasteiger partial charge in [0.25, 0.3) is 0 Å². The first-order valence-corrected chi connectivity index (χ1v) is 8.18. The van der Waals surface area contributed by atoms with Crippen molar-refractivity contribution in [1.82, 2.24) is 0 Å². The van der Waals surface area contributed by atoms with Crippen molar-refractivity contribution >= 4 is 0 Å². The average Bonchev–Trinajstić information content (AvgIpc) is 2.40. The molecule has 2 saturated carbocycles. The summed E-state index contributed by atoms with van der Waals surface area (Å²) >= 11 is 0. The van der Waals surface area contributed by atoms with E-state index in [0.29, 0.717) is 0 Å². The van der Waals surface area contributed by atoms with Gasteiger partial charge in [-0.3, -0.25) is 0 Å². The molecule has 0 amide bonds. The Kier molecular flexibility index (Phi) is 5.38. The number of rotatable bonds is 4. The summed E-state index contributed by atoms with van der Waals surface area (Å²) in [6.45, 7) is 4.84. The van der Waals surface area contributed by atoms with Crippen LogP contribution < -0.4 is 0 Å². The van der Waals surface area contributed by atoms with Crippen molar-refractivity contribution in [2.24, 2.45) is 17.8 Å². The molecule has 0 aromatic heterocycles. The van der Waals surface area contributed by atoms with Crippen LogP contribution in [-0.4, -0.2) is 0 Å². The minimum absolute atomic E-state index is 1.04. The van der Waals surface area contributed by atoms with Gasteiger partial charge in [0.15, 0.2) is 0 Å². The van der Waals surface area contributed by atoms with Gasteiger partial charge in [-0.05, 0) is 42.9 Å². The zero-order valence-corrected chi connectivity index (χ0v) is 12.0. The second-order valence-corrected chi connectivity index (χ2v) is 6.45. The molecule has 1 radical (unpaired) electrons. The van der Waals surface area contributed by atoms with Gasteiger partial charge >= 0.3 is 0 Å². The fourth-order valence-electron chi connectivity index (χ4n) is 4.39. The van der Waals surface area contributed by atoms with Gasteiger partial charge in [0.1, 0.15) is 0 Å². The summed E-state index contributed by atoms with van der Waals surface area (Å²) in [5, 5.41) is 0. The third-order valence-corrected chi connectivity index (χ3v) is 5.49. The second-order valence-electron chi connectivity index (χ2n) is 6.45. The number of hydrogen-bond acceptors (Lipinski definition) is 0. The molecular weight excluding hydrogens is 204 g/mol. The minimum Gasteiger partial charge on any atom is -0.0651 e. The van der Waals surface area contributed by atoms with Crippen LogP contribution in [0.5, 0.6) is 0 Å². The van der Waals surface area contributed by atoms with Crippen molar-refractivity contribution in [3.63, 3.8) is 0 Å². The van der Waals surface area contributed by atoms with E-state index < -0.39 is 0 Å². The first-order chi connectivity index (χ1) is 8.35. The Morgan fingerprint density at radius 3 is 1.94 bits per heavy atom. The SMILES string of the molecule is CCC1CCCC(CC)C1C[C]1CCCCC1. The van der Waals surface area contributed by atoms with E-state index in [9.17, 15) is 0 Å². The summed E-state index contributed by atoms with van der Waals surface area (Å²) < 4.78 is 0. The van der Waals surface area contributed by atoms with E-state index >= 15 is 0 Å². The van der Waals surface area contributed by atoms with Crippen LogP contribution in [0, 0.1) is 23.7 Å². The summed E-state index contributed by atoms with van der Waals surface area (Å²) in [6, 6.07) is 0. The molecule has 2 unspecified atom stereocenters. The van der Waals surface area contributed by atoms with E-state index in [1.165, 1.54) is 70.6 Å². The molecule has 0 aromatic carbocycles. The third-order valence-electron chi connectivity index (χ3n) is 5.49. The Hall–Kier alpha value is 0. The summed E-state index contributed by atoms with van der Waals surface area (Å²) in [5.41, 5.74) is 0. The maximum absolute atomic E-state index is 2.42. The molecule has 0 spiro atoms. The molecule has 17 heavy (non-hydrogen) atoms. The third kappa shape index (κ3) is 3.48. The van der Waals surface area contributed by atoms with Crippen LogP contribution in [-0.2, 0) is 0 Å². The first-order valence-electron chi connectivity index (χ1n) is 8.18. The highest BCUT2D eigenvalue weighted by Gasteiger charge is 2.33. The molecule has 0 heteroatoms. The van der Waals surface area contributed by atoms with Crippen molar-refractivity contribution < 1.29 is 0 Å². The molecule has 0 aliphatic heterocycles. The monoisotopic (exact) mass is 235 g/mol. The molecule has 0 bridgehead atoms. The standard InChI is InChI=1S/C17H31/c1-3-15-11-8-12-16(4-2)17(15)13-14-9-6-5-7-10-14/h15-17H,3-13H2,1-2H3. The minimum atomic E-state index is 1.04. The van der Waals surface area contributed by atoms with E-state index in [1.54, 1.807) is 0 Å². The molecule has 2 fully saturated rings. The van der Waals surface area contributed by atoms with Crippen molar-refractivity contribution in [2.45, 2.75) is 84.5 Å². The van der Waals surface area contributed by atoms with Gasteiger partial charge in [0, 0.05) is 0 Å². The molecule has 2 rings (SSSR count). The lowest BCUT2D eigenvalue weighted by Gasteiger charge is -2.40. The molecule has 0 heterocycles. The molecule has 99 valence electrons. The van der Waals surface area contributed by atoms with Gasteiger partial charge < -0.3 is 0 Å². The highest BCUT2D eigenvalue weighted by molar-refractivity contribution is 4.97. The maximum Gasteiger partial charge on any atom is -0.0238 e. The Bertz CT molecular complexity index is 190. The Labute approximate surface area is 109 Å². The predicted octanol–water partition coefficient (Wildman–Crippen LogP) is 5.77. The highest BCUT2D eigenvalue weighted by Crippen LogP contribution is 2.44. The van der Waals surface area contributed by atoms with Crippen LogP contribution in [0.2, 0.25) is 0 Å². The molecule has 0 saturated heterocycles. The lowest BCUT2D eigenvalue weighted by Crippen LogP contribution is -2.29. The summed E-state index contributed by atoms with van der Waals surface area (Å²) in [5.74, 6) is 5.07. The van der Waals surface area contributed by atoms with Gasteiger partial charge in [-0.15, -0.1) is 0 Å². The largest absolute Gasteiger partial charge is 0.0651 e. The smallest absolute Gasteiger partial charge is 0.0238 e. The lowest BCUT2D eigenvalue weighted by atomic mass is 9.65. The lowest BCUT2D eigenvalue weighted by molar-refractivity contribution is 0.133. The van der Waals surface area contributed by atoms with Crippen LogP contribution in [0.25, 0.3) is 0 Å². The Morgan fingerprint density at radius 1 is 0.824 bits per heavy atom. The van der Waals surface area contributed by atoms with Crippen LogP contribution in [0.15, 0.2) is 0 Å². The second kappa shape index (κ2) is 6.81. The van der Waals surface area contributed by atoms with Crippen LogP contribution >= 0.6 is 0 Å². The summed E-state index contributed by atoms with van der Waals surface area (Å²) in [4.78, 5) is 0. The highest BCUT2D eigenvalue weighted by atomic mass is 14.4. The molecule has 2 atom stereocenters. The van der Waals surface area contributed by atoms with E-state index in [1.807, 2.05) is 5.92 Å². The Balaban J connectivity index is 1.92. The van der Waals surface area contributed by atoms with Gasteiger partial charge in [-0.2, -0.15) is 0 Å². The van der Waals surface area contributed by atoms with Crippen molar-refractivity contribution in [3.05, 3.63) is 5.92 Å². The van der Waals surface area contributed by atoms with E-state index in [-0.39, 0.29) is 0 Å². The molecule has 2 aliphatic carbocycles. The average molecular weight is 235 g/mol. The zero-order valence-electron chi connectivity index (χ0n) is 12.0. The normalized spacial score (nSPS) is 36.0. The molecule has 0 N–H and O–H groups in total. The fourth-order valence-corrected chi connectivity index (χ4v) is 4.39. The van der Waals surface area contributed by atoms with Crippen LogP contribution in [0.4, 0.5) is 0 Å². The molecule has 0 nitrogen and oxygen atoms in total. The summed E-state index contributed by atoms with van der Waals surface area (Å²) in [6.07, 6.45) is 16.3. The van der Waals surface area contributed by atoms with Crippen molar-refractivity contribution in [2.75, 3.05) is 0 Å².